The maximum atomic E-state index is 10.4. The van der Waals surface area contributed by atoms with Gasteiger partial charge in [-0.3, -0.25) is 4.90 Å². The maximum absolute atomic E-state index is 10.4. The number of aryl methyl sites for hydroxylation is 1. The van der Waals surface area contributed by atoms with Gasteiger partial charge in [0.1, 0.15) is 0 Å². The fourth-order valence-corrected chi connectivity index (χ4v) is 3.02. The Hall–Kier alpha value is -1.36. The van der Waals surface area contributed by atoms with E-state index >= 15 is 0 Å². The SMILES string of the molecule is Cn1cnc2c1CCN(C[C@H](O)c1ccccc1Cl)C2. The summed E-state index contributed by atoms with van der Waals surface area (Å²) in [6.45, 7) is 2.31. The van der Waals surface area contributed by atoms with Crippen LogP contribution in [-0.2, 0) is 20.0 Å². The van der Waals surface area contributed by atoms with Crippen molar-refractivity contribution in [2.45, 2.75) is 19.1 Å². The van der Waals surface area contributed by atoms with E-state index in [9.17, 15) is 5.11 Å². The van der Waals surface area contributed by atoms with Crippen LogP contribution in [0.25, 0.3) is 0 Å². The van der Waals surface area contributed by atoms with E-state index < -0.39 is 6.10 Å². The Kier molecular flexibility index (Phi) is 3.78. The Labute approximate surface area is 123 Å². The highest BCUT2D eigenvalue weighted by molar-refractivity contribution is 6.31. The van der Waals surface area contributed by atoms with Crippen molar-refractivity contribution >= 4 is 11.6 Å². The quantitative estimate of drug-likeness (QED) is 0.942. The van der Waals surface area contributed by atoms with E-state index in [1.807, 2.05) is 37.6 Å². The zero-order valence-electron chi connectivity index (χ0n) is 11.5. The van der Waals surface area contributed by atoms with Gasteiger partial charge >= 0.3 is 0 Å². The molecule has 0 radical (unpaired) electrons. The van der Waals surface area contributed by atoms with Gasteiger partial charge in [-0.2, -0.15) is 0 Å². The highest BCUT2D eigenvalue weighted by Crippen LogP contribution is 2.25. The number of benzene rings is 1. The second-order valence-electron chi connectivity index (χ2n) is 5.27. The lowest BCUT2D eigenvalue weighted by Crippen LogP contribution is -2.34. The van der Waals surface area contributed by atoms with E-state index in [0.29, 0.717) is 11.6 Å². The third-order valence-electron chi connectivity index (χ3n) is 3.88. The minimum atomic E-state index is -0.561. The van der Waals surface area contributed by atoms with Gasteiger partial charge in [-0.1, -0.05) is 29.8 Å². The Balaban J connectivity index is 1.69. The second kappa shape index (κ2) is 5.56. The molecule has 0 bridgehead atoms. The van der Waals surface area contributed by atoms with Crippen molar-refractivity contribution in [3.8, 4) is 0 Å². The summed E-state index contributed by atoms with van der Waals surface area (Å²) in [4.78, 5) is 6.64. The van der Waals surface area contributed by atoms with Crippen molar-refractivity contribution in [3.05, 3.63) is 52.6 Å². The first-order valence-corrected chi connectivity index (χ1v) is 7.17. The monoisotopic (exact) mass is 291 g/mol. The number of hydrogen-bond donors (Lipinski definition) is 1. The molecule has 1 aromatic carbocycles. The molecule has 2 heterocycles. The summed E-state index contributed by atoms with van der Waals surface area (Å²) in [7, 11) is 2.03. The second-order valence-corrected chi connectivity index (χ2v) is 5.68. The number of hydrogen-bond acceptors (Lipinski definition) is 3. The van der Waals surface area contributed by atoms with Crippen molar-refractivity contribution in [3.63, 3.8) is 0 Å². The number of aliphatic hydroxyl groups excluding tert-OH is 1. The van der Waals surface area contributed by atoms with Gasteiger partial charge in [0.25, 0.3) is 0 Å². The van der Waals surface area contributed by atoms with E-state index in [4.69, 9.17) is 11.6 Å². The lowest BCUT2D eigenvalue weighted by Gasteiger charge is -2.28. The van der Waals surface area contributed by atoms with Crippen LogP contribution in [0.3, 0.4) is 0 Å². The van der Waals surface area contributed by atoms with Crippen LogP contribution in [0.2, 0.25) is 5.02 Å². The minimum absolute atomic E-state index is 0.561. The van der Waals surface area contributed by atoms with Crippen molar-refractivity contribution in [2.75, 3.05) is 13.1 Å². The maximum Gasteiger partial charge on any atom is 0.0949 e. The molecule has 0 fully saturated rings. The number of halogens is 1. The van der Waals surface area contributed by atoms with Crippen LogP contribution < -0.4 is 0 Å². The summed E-state index contributed by atoms with van der Waals surface area (Å²) in [5.74, 6) is 0. The molecule has 0 saturated heterocycles. The number of aromatic nitrogens is 2. The molecule has 5 heteroatoms. The van der Waals surface area contributed by atoms with Crippen LogP contribution in [0.5, 0.6) is 0 Å². The smallest absolute Gasteiger partial charge is 0.0949 e. The molecule has 1 aromatic heterocycles. The first-order valence-electron chi connectivity index (χ1n) is 6.79. The lowest BCUT2D eigenvalue weighted by atomic mass is 10.1. The molecule has 2 aromatic rings. The molecule has 0 saturated carbocycles. The van der Waals surface area contributed by atoms with Crippen molar-refractivity contribution < 1.29 is 5.11 Å². The van der Waals surface area contributed by atoms with Crippen molar-refractivity contribution in [1.29, 1.82) is 0 Å². The van der Waals surface area contributed by atoms with Gasteiger partial charge in [0, 0.05) is 49.4 Å². The number of nitrogens with zero attached hydrogens (tertiary/aromatic N) is 3. The van der Waals surface area contributed by atoms with Crippen LogP contribution >= 0.6 is 11.6 Å². The first kappa shape index (κ1) is 13.6. The van der Waals surface area contributed by atoms with Crippen LogP contribution in [0.1, 0.15) is 23.1 Å². The molecule has 0 spiro atoms. The molecule has 4 nitrogen and oxygen atoms in total. The summed E-state index contributed by atoms with van der Waals surface area (Å²) < 4.78 is 2.08. The van der Waals surface area contributed by atoms with Crippen molar-refractivity contribution in [2.24, 2.45) is 7.05 Å². The van der Waals surface area contributed by atoms with E-state index in [1.54, 1.807) is 0 Å². The van der Waals surface area contributed by atoms with Gasteiger partial charge in [-0.15, -0.1) is 0 Å². The number of fused-ring (bicyclic) bond motifs is 1. The molecule has 1 aliphatic rings. The average molecular weight is 292 g/mol. The van der Waals surface area contributed by atoms with E-state index in [2.05, 4.69) is 14.5 Å². The number of β-amino-alcohol motifs (C(OH)–C–C–N with tert-alkyl or cyclic N) is 1. The van der Waals surface area contributed by atoms with Gasteiger partial charge < -0.3 is 9.67 Å². The molecule has 0 unspecified atom stereocenters. The highest BCUT2D eigenvalue weighted by atomic mass is 35.5. The third kappa shape index (κ3) is 2.59. The van der Waals surface area contributed by atoms with Gasteiger partial charge in [0.15, 0.2) is 0 Å². The summed E-state index contributed by atoms with van der Waals surface area (Å²) in [5, 5.41) is 11.0. The molecule has 0 aliphatic carbocycles. The molecule has 20 heavy (non-hydrogen) atoms. The molecule has 1 atom stereocenters. The standard InChI is InChI=1S/C15H18ClN3O/c1-18-10-17-13-8-19(7-6-14(13)18)9-15(20)11-4-2-3-5-12(11)16/h2-5,10,15,20H,6-9H2,1H3/t15-/m0/s1. The molecule has 106 valence electrons. The van der Waals surface area contributed by atoms with E-state index in [-0.39, 0.29) is 0 Å². The van der Waals surface area contributed by atoms with Gasteiger partial charge in [0.05, 0.1) is 18.1 Å². The summed E-state index contributed by atoms with van der Waals surface area (Å²) in [6.07, 6.45) is 2.27. The zero-order valence-corrected chi connectivity index (χ0v) is 12.2. The van der Waals surface area contributed by atoms with Crippen LogP contribution in [-0.4, -0.2) is 32.6 Å². The van der Waals surface area contributed by atoms with E-state index in [0.717, 1.165) is 30.8 Å². The van der Waals surface area contributed by atoms with Gasteiger partial charge in [-0.25, -0.2) is 4.98 Å². The Morgan fingerprint density at radius 3 is 3.00 bits per heavy atom. The fourth-order valence-electron chi connectivity index (χ4n) is 2.76. The molecule has 0 amide bonds. The Bertz CT molecular complexity index is 611. The fraction of sp³-hybridized carbons (Fsp3) is 0.400. The first-order chi connectivity index (χ1) is 9.65. The predicted octanol–water partition coefficient (Wildman–Crippen LogP) is 2.17. The van der Waals surface area contributed by atoms with E-state index in [1.165, 1.54) is 5.69 Å². The van der Waals surface area contributed by atoms with Crippen LogP contribution in [0, 0.1) is 0 Å². The number of imidazole rings is 1. The largest absolute Gasteiger partial charge is 0.387 e. The van der Waals surface area contributed by atoms with Gasteiger partial charge in [0.2, 0.25) is 0 Å². The highest BCUT2D eigenvalue weighted by Gasteiger charge is 2.22. The average Bonchev–Trinajstić information content (AvgIpc) is 2.80. The van der Waals surface area contributed by atoms with Crippen LogP contribution in [0.15, 0.2) is 30.6 Å². The zero-order chi connectivity index (χ0) is 14.1. The number of aliphatic hydroxyl groups is 1. The molecule has 3 rings (SSSR count). The normalized spacial score (nSPS) is 16.9. The van der Waals surface area contributed by atoms with Crippen molar-refractivity contribution in [1.82, 2.24) is 14.5 Å². The summed E-state index contributed by atoms with van der Waals surface area (Å²) >= 11 is 6.13. The summed E-state index contributed by atoms with van der Waals surface area (Å²) in [6, 6.07) is 7.47. The lowest BCUT2D eigenvalue weighted by molar-refractivity contribution is 0.105. The minimum Gasteiger partial charge on any atom is -0.387 e. The topological polar surface area (TPSA) is 41.3 Å². The van der Waals surface area contributed by atoms with Crippen LogP contribution in [0.4, 0.5) is 0 Å². The molecule has 1 N–H and O–H groups in total. The number of rotatable bonds is 3. The summed E-state index contributed by atoms with van der Waals surface area (Å²) in [5.41, 5.74) is 3.21. The molecular weight excluding hydrogens is 274 g/mol. The molecule has 1 aliphatic heterocycles. The Morgan fingerprint density at radius 2 is 2.20 bits per heavy atom. The molecular formula is C15H18ClN3O. The van der Waals surface area contributed by atoms with Gasteiger partial charge in [-0.05, 0) is 6.07 Å². The Morgan fingerprint density at radius 1 is 1.40 bits per heavy atom. The third-order valence-corrected chi connectivity index (χ3v) is 4.22. The predicted molar refractivity (Wildman–Crippen MR) is 78.6 cm³/mol.